The van der Waals surface area contributed by atoms with Crippen molar-refractivity contribution < 1.29 is 9.47 Å². The van der Waals surface area contributed by atoms with Crippen molar-refractivity contribution in [2.24, 2.45) is 5.92 Å². The van der Waals surface area contributed by atoms with Crippen LogP contribution in [0.3, 0.4) is 0 Å². The minimum absolute atomic E-state index is 0.0497. The van der Waals surface area contributed by atoms with Gasteiger partial charge >= 0.3 is 0 Å². The smallest absolute Gasteiger partial charge is 0.161 e. The first-order valence-electron chi connectivity index (χ1n) is 7.76. The molecule has 5 nitrogen and oxygen atoms in total. The molecule has 0 radical (unpaired) electrons. The van der Waals surface area contributed by atoms with E-state index in [1.165, 1.54) is 25.8 Å². The van der Waals surface area contributed by atoms with Crippen LogP contribution in [0.4, 0.5) is 0 Å². The molecule has 112 valence electrons. The number of aromatic nitrogens is 2. The average Bonchev–Trinajstić information content (AvgIpc) is 3.12. The molecule has 0 aromatic carbocycles. The van der Waals surface area contributed by atoms with Gasteiger partial charge in [-0.3, -0.25) is 0 Å². The van der Waals surface area contributed by atoms with Crippen LogP contribution < -0.4 is 0 Å². The lowest BCUT2D eigenvalue weighted by Gasteiger charge is -2.34. The van der Waals surface area contributed by atoms with Gasteiger partial charge < -0.3 is 18.9 Å². The summed E-state index contributed by atoms with van der Waals surface area (Å²) in [5, 5.41) is 0. The van der Waals surface area contributed by atoms with Crippen LogP contribution in [0.2, 0.25) is 0 Å². The fourth-order valence-corrected chi connectivity index (χ4v) is 3.27. The number of piperidine rings is 1. The molecule has 1 aromatic rings. The minimum atomic E-state index is 0.0497. The Labute approximate surface area is 120 Å². The molecule has 1 aromatic heterocycles. The van der Waals surface area contributed by atoms with E-state index in [0.717, 1.165) is 38.7 Å². The first-order valence-corrected chi connectivity index (χ1v) is 7.76. The van der Waals surface area contributed by atoms with Gasteiger partial charge in [-0.05, 0) is 39.3 Å². The van der Waals surface area contributed by atoms with Crippen molar-refractivity contribution in [3.63, 3.8) is 0 Å². The van der Waals surface area contributed by atoms with Crippen LogP contribution in [0.1, 0.15) is 25.1 Å². The molecule has 5 heteroatoms. The third-order valence-electron chi connectivity index (χ3n) is 4.37. The molecule has 0 N–H and O–H groups in total. The summed E-state index contributed by atoms with van der Waals surface area (Å²) in [4.78, 5) is 6.82. The second-order valence-electron chi connectivity index (χ2n) is 5.83. The lowest BCUT2D eigenvalue weighted by Crippen LogP contribution is -2.41. The molecule has 1 atom stereocenters. The van der Waals surface area contributed by atoms with Crippen LogP contribution >= 0.6 is 0 Å². The summed E-state index contributed by atoms with van der Waals surface area (Å²) in [7, 11) is 0. The molecular weight excluding hydrogens is 254 g/mol. The van der Waals surface area contributed by atoms with Crippen LogP contribution in [-0.4, -0.2) is 53.6 Å². The molecule has 0 unspecified atom stereocenters. The fourth-order valence-electron chi connectivity index (χ4n) is 3.27. The highest BCUT2D eigenvalue weighted by molar-refractivity contribution is 4.88. The van der Waals surface area contributed by atoms with Gasteiger partial charge in [0.2, 0.25) is 0 Å². The van der Waals surface area contributed by atoms with E-state index in [9.17, 15) is 0 Å². The van der Waals surface area contributed by atoms with Gasteiger partial charge in [0.1, 0.15) is 5.82 Å². The van der Waals surface area contributed by atoms with E-state index in [-0.39, 0.29) is 6.29 Å². The maximum Gasteiger partial charge on any atom is 0.161 e. The number of likely N-dealkylation sites (tertiary alicyclic amines) is 1. The van der Waals surface area contributed by atoms with E-state index < -0.39 is 0 Å². The Balaban J connectivity index is 1.42. The van der Waals surface area contributed by atoms with Gasteiger partial charge in [-0.15, -0.1) is 0 Å². The van der Waals surface area contributed by atoms with E-state index >= 15 is 0 Å². The van der Waals surface area contributed by atoms with Gasteiger partial charge in [0, 0.05) is 31.4 Å². The highest BCUT2D eigenvalue weighted by atomic mass is 16.7. The molecule has 0 aliphatic carbocycles. The zero-order valence-corrected chi connectivity index (χ0v) is 12.3. The summed E-state index contributed by atoms with van der Waals surface area (Å²) in [5.74, 6) is 1.66. The second-order valence-corrected chi connectivity index (χ2v) is 5.83. The van der Waals surface area contributed by atoms with Gasteiger partial charge in [-0.1, -0.05) is 0 Å². The van der Waals surface area contributed by atoms with Crippen molar-refractivity contribution >= 4 is 0 Å². The van der Waals surface area contributed by atoms with Gasteiger partial charge in [-0.2, -0.15) is 0 Å². The zero-order chi connectivity index (χ0) is 13.8. The molecule has 2 aliphatic heterocycles. The molecule has 0 spiro atoms. The number of imidazole rings is 1. The van der Waals surface area contributed by atoms with Crippen molar-refractivity contribution in [1.82, 2.24) is 14.5 Å². The van der Waals surface area contributed by atoms with Crippen LogP contribution in [0, 0.1) is 12.8 Å². The predicted molar refractivity (Wildman–Crippen MR) is 76.4 cm³/mol. The summed E-state index contributed by atoms with van der Waals surface area (Å²) in [6.07, 6.45) is 7.67. The summed E-state index contributed by atoms with van der Waals surface area (Å²) in [6.45, 7) is 8.14. The Morgan fingerprint density at radius 2 is 2.15 bits per heavy atom. The Kier molecular flexibility index (Phi) is 4.70. The molecule has 0 bridgehead atoms. The highest BCUT2D eigenvalue weighted by Crippen LogP contribution is 2.24. The highest BCUT2D eigenvalue weighted by Gasteiger charge is 2.30. The Hall–Kier alpha value is -0.910. The first kappa shape index (κ1) is 14.0. The van der Waals surface area contributed by atoms with E-state index in [4.69, 9.17) is 9.47 Å². The quantitative estimate of drug-likeness (QED) is 0.822. The van der Waals surface area contributed by atoms with Crippen molar-refractivity contribution in [3.8, 4) is 0 Å². The van der Waals surface area contributed by atoms with E-state index in [2.05, 4.69) is 27.6 Å². The normalized spacial score (nSPS) is 25.4. The van der Waals surface area contributed by atoms with Crippen molar-refractivity contribution in [3.05, 3.63) is 18.2 Å². The standard InChI is InChI=1S/C15H25N3O2/c1-13-16-5-9-18(13)8-3-7-17-6-2-4-14(12-17)15-19-10-11-20-15/h5,9,14-15H,2-4,6-8,10-12H2,1H3/t14-/m1/s1. The fraction of sp³-hybridized carbons (Fsp3) is 0.800. The van der Waals surface area contributed by atoms with Crippen molar-refractivity contribution in [2.45, 2.75) is 39.0 Å². The molecule has 20 heavy (non-hydrogen) atoms. The third kappa shape index (κ3) is 3.40. The zero-order valence-electron chi connectivity index (χ0n) is 12.3. The molecule has 3 rings (SSSR count). The SMILES string of the molecule is Cc1nccn1CCCN1CCC[C@@H](C2OCCO2)C1. The second kappa shape index (κ2) is 6.70. The average molecular weight is 279 g/mol. The van der Waals surface area contributed by atoms with E-state index in [1.807, 2.05) is 6.20 Å². The molecule has 2 aliphatic rings. The Bertz CT molecular complexity index is 415. The van der Waals surface area contributed by atoms with Crippen LogP contribution in [0.5, 0.6) is 0 Å². The minimum Gasteiger partial charge on any atom is -0.350 e. The maximum atomic E-state index is 5.66. The molecule has 0 amide bonds. The number of rotatable bonds is 5. The molecule has 2 fully saturated rings. The number of hydrogen-bond donors (Lipinski definition) is 0. The summed E-state index contributed by atoms with van der Waals surface area (Å²) in [6, 6.07) is 0. The molecule has 3 heterocycles. The summed E-state index contributed by atoms with van der Waals surface area (Å²) < 4.78 is 13.5. The van der Waals surface area contributed by atoms with Crippen molar-refractivity contribution in [2.75, 3.05) is 32.8 Å². The number of aryl methyl sites for hydroxylation is 2. The monoisotopic (exact) mass is 279 g/mol. The summed E-state index contributed by atoms with van der Waals surface area (Å²) in [5.41, 5.74) is 0. The topological polar surface area (TPSA) is 39.5 Å². The molecule has 2 saturated heterocycles. The predicted octanol–water partition coefficient (Wildman–Crippen LogP) is 1.67. The lowest BCUT2D eigenvalue weighted by atomic mass is 9.97. The first-order chi connectivity index (χ1) is 9.83. The Morgan fingerprint density at radius 3 is 2.90 bits per heavy atom. The van der Waals surface area contributed by atoms with E-state index in [0.29, 0.717) is 5.92 Å². The summed E-state index contributed by atoms with van der Waals surface area (Å²) >= 11 is 0. The van der Waals surface area contributed by atoms with Crippen molar-refractivity contribution in [1.29, 1.82) is 0 Å². The maximum absolute atomic E-state index is 5.66. The van der Waals surface area contributed by atoms with Crippen LogP contribution in [0.15, 0.2) is 12.4 Å². The molecule has 0 saturated carbocycles. The Morgan fingerprint density at radius 1 is 1.30 bits per heavy atom. The van der Waals surface area contributed by atoms with Gasteiger partial charge in [0.15, 0.2) is 6.29 Å². The van der Waals surface area contributed by atoms with Gasteiger partial charge in [-0.25, -0.2) is 4.98 Å². The lowest BCUT2D eigenvalue weighted by molar-refractivity contribution is -0.100. The van der Waals surface area contributed by atoms with Crippen LogP contribution in [-0.2, 0) is 16.0 Å². The van der Waals surface area contributed by atoms with Gasteiger partial charge in [0.05, 0.1) is 13.2 Å². The van der Waals surface area contributed by atoms with Gasteiger partial charge in [0.25, 0.3) is 0 Å². The number of hydrogen-bond acceptors (Lipinski definition) is 4. The van der Waals surface area contributed by atoms with Crippen LogP contribution in [0.25, 0.3) is 0 Å². The van der Waals surface area contributed by atoms with E-state index in [1.54, 1.807) is 0 Å². The largest absolute Gasteiger partial charge is 0.350 e. The molecular formula is C15H25N3O2. The third-order valence-corrected chi connectivity index (χ3v) is 4.37. The number of ether oxygens (including phenoxy) is 2. The number of nitrogens with zero attached hydrogens (tertiary/aromatic N) is 3.